The van der Waals surface area contributed by atoms with Gasteiger partial charge in [0, 0.05) is 18.6 Å². The SMILES string of the molecule is CC1CNCCC1N1CCS(=O)(=O)CC1C. The predicted molar refractivity (Wildman–Crippen MR) is 65.3 cm³/mol. The fourth-order valence-electron chi connectivity index (χ4n) is 3.00. The number of hydrogen-bond donors (Lipinski definition) is 1. The van der Waals surface area contributed by atoms with Crippen LogP contribution < -0.4 is 5.32 Å². The van der Waals surface area contributed by atoms with Crippen molar-refractivity contribution in [3.8, 4) is 0 Å². The van der Waals surface area contributed by atoms with Crippen LogP contribution in [0.4, 0.5) is 0 Å². The van der Waals surface area contributed by atoms with Crippen LogP contribution in [-0.2, 0) is 9.84 Å². The van der Waals surface area contributed by atoms with E-state index in [1.54, 1.807) is 0 Å². The lowest BCUT2D eigenvalue weighted by molar-refractivity contribution is 0.0928. The Balaban J connectivity index is 2.04. The smallest absolute Gasteiger partial charge is 0.153 e. The summed E-state index contributed by atoms with van der Waals surface area (Å²) in [6.45, 7) is 7.14. The summed E-state index contributed by atoms with van der Waals surface area (Å²) in [4.78, 5) is 2.41. The minimum absolute atomic E-state index is 0.185. The van der Waals surface area contributed by atoms with E-state index < -0.39 is 9.84 Å². The van der Waals surface area contributed by atoms with Crippen molar-refractivity contribution in [3.63, 3.8) is 0 Å². The molecule has 2 aliphatic heterocycles. The van der Waals surface area contributed by atoms with Gasteiger partial charge in [-0.15, -0.1) is 0 Å². The van der Waals surface area contributed by atoms with Crippen molar-refractivity contribution in [2.45, 2.75) is 32.4 Å². The lowest BCUT2D eigenvalue weighted by Gasteiger charge is -2.44. The first-order valence-corrected chi connectivity index (χ1v) is 7.98. The maximum Gasteiger partial charge on any atom is 0.153 e. The van der Waals surface area contributed by atoms with Crippen LogP contribution in [0.25, 0.3) is 0 Å². The highest BCUT2D eigenvalue weighted by Gasteiger charge is 2.35. The third-order valence-corrected chi connectivity index (χ3v) is 5.68. The molecule has 94 valence electrons. The molecule has 0 spiro atoms. The second kappa shape index (κ2) is 4.63. The van der Waals surface area contributed by atoms with Gasteiger partial charge in [-0.25, -0.2) is 8.42 Å². The molecule has 2 heterocycles. The number of piperidine rings is 1. The molecule has 0 saturated carbocycles. The van der Waals surface area contributed by atoms with Crippen molar-refractivity contribution in [3.05, 3.63) is 0 Å². The summed E-state index contributed by atoms with van der Waals surface area (Å²) >= 11 is 0. The molecule has 16 heavy (non-hydrogen) atoms. The topological polar surface area (TPSA) is 49.4 Å². The van der Waals surface area contributed by atoms with Crippen molar-refractivity contribution in [1.82, 2.24) is 10.2 Å². The summed E-state index contributed by atoms with van der Waals surface area (Å²) in [5, 5.41) is 3.39. The number of nitrogens with zero attached hydrogens (tertiary/aromatic N) is 1. The maximum absolute atomic E-state index is 11.5. The molecule has 4 nitrogen and oxygen atoms in total. The molecule has 2 rings (SSSR count). The molecule has 0 radical (unpaired) electrons. The van der Waals surface area contributed by atoms with Crippen molar-refractivity contribution >= 4 is 9.84 Å². The average Bonchev–Trinajstić information content (AvgIpc) is 2.18. The van der Waals surface area contributed by atoms with Crippen molar-refractivity contribution in [1.29, 1.82) is 0 Å². The minimum atomic E-state index is -2.78. The van der Waals surface area contributed by atoms with E-state index in [1.165, 1.54) is 0 Å². The molecular formula is C11H22N2O2S. The molecule has 0 aliphatic carbocycles. The molecule has 3 atom stereocenters. The Kier molecular flexibility index (Phi) is 3.56. The van der Waals surface area contributed by atoms with Crippen LogP contribution in [0.2, 0.25) is 0 Å². The zero-order valence-corrected chi connectivity index (χ0v) is 11.0. The number of sulfone groups is 1. The van der Waals surface area contributed by atoms with Gasteiger partial charge in [0.05, 0.1) is 11.5 Å². The molecule has 2 fully saturated rings. The van der Waals surface area contributed by atoms with E-state index in [0.29, 0.717) is 23.5 Å². The normalized spacial score (nSPS) is 40.8. The Morgan fingerprint density at radius 3 is 2.69 bits per heavy atom. The van der Waals surface area contributed by atoms with E-state index in [4.69, 9.17) is 0 Å². The van der Waals surface area contributed by atoms with Crippen LogP contribution in [0.1, 0.15) is 20.3 Å². The Morgan fingerprint density at radius 1 is 1.31 bits per heavy atom. The van der Waals surface area contributed by atoms with Gasteiger partial charge in [0.25, 0.3) is 0 Å². The third-order valence-electron chi connectivity index (χ3n) is 3.89. The van der Waals surface area contributed by atoms with Crippen molar-refractivity contribution in [2.75, 3.05) is 31.1 Å². The number of hydrogen-bond acceptors (Lipinski definition) is 4. The standard InChI is InChI=1S/C11H22N2O2S/c1-9-7-12-4-3-11(9)13-5-6-16(14,15)8-10(13)2/h9-12H,3-8H2,1-2H3. The predicted octanol–water partition coefficient (Wildman–Crippen LogP) is 0.103. The van der Waals surface area contributed by atoms with Gasteiger partial charge < -0.3 is 5.32 Å². The second-order valence-electron chi connectivity index (χ2n) is 5.24. The highest BCUT2D eigenvalue weighted by molar-refractivity contribution is 7.91. The molecule has 5 heteroatoms. The lowest BCUT2D eigenvalue weighted by atomic mass is 9.92. The molecule has 2 aliphatic rings. The van der Waals surface area contributed by atoms with E-state index in [0.717, 1.165) is 26.1 Å². The summed E-state index contributed by atoms with van der Waals surface area (Å²) < 4.78 is 23.1. The monoisotopic (exact) mass is 246 g/mol. The average molecular weight is 246 g/mol. The van der Waals surface area contributed by atoms with E-state index in [2.05, 4.69) is 17.1 Å². The largest absolute Gasteiger partial charge is 0.316 e. The van der Waals surface area contributed by atoms with Crippen LogP contribution in [0.3, 0.4) is 0 Å². The zero-order chi connectivity index (χ0) is 11.8. The van der Waals surface area contributed by atoms with Gasteiger partial charge in [-0.1, -0.05) is 6.92 Å². The lowest BCUT2D eigenvalue weighted by Crippen LogP contribution is -2.57. The molecular weight excluding hydrogens is 224 g/mol. The molecule has 0 bridgehead atoms. The molecule has 1 N–H and O–H groups in total. The van der Waals surface area contributed by atoms with Gasteiger partial charge in [-0.2, -0.15) is 0 Å². The molecule has 0 aromatic rings. The van der Waals surface area contributed by atoms with Gasteiger partial charge in [0.15, 0.2) is 9.84 Å². The van der Waals surface area contributed by atoms with E-state index in [9.17, 15) is 8.42 Å². The Hall–Kier alpha value is -0.130. The Morgan fingerprint density at radius 2 is 2.06 bits per heavy atom. The van der Waals surface area contributed by atoms with Crippen LogP contribution in [-0.4, -0.2) is 56.5 Å². The van der Waals surface area contributed by atoms with Crippen LogP contribution in [0, 0.1) is 5.92 Å². The minimum Gasteiger partial charge on any atom is -0.316 e. The van der Waals surface area contributed by atoms with E-state index in [1.807, 2.05) is 6.92 Å². The number of nitrogens with one attached hydrogen (secondary N) is 1. The van der Waals surface area contributed by atoms with E-state index in [-0.39, 0.29) is 6.04 Å². The second-order valence-corrected chi connectivity index (χ2v) is 7.47. The van der Waals surface area contributed by atoms with E-state index >= 15 is 0 Å². The van der Waals surface area contributed by atoms with Crippen molar-refractivity contribution < 1.29 is 8.42 Å². The van der Waals surface area contributed by atoms with Crippen LogP contribution in [0.15, 0.2) is 0 Å². The first-order chi connectivity index (χ1) is 7.49. The zero-order valence-electron chi connectivity index (χ0n) is 10.1. The van der Waals surface area contributed by atoms with Gasteiger partial charge in [0.2, 0.25) is 0 Å². The highest BCUT2D eigenvalue weighted by atomic mass is 32.2. The maximum atomic E-state index is 11.5. The molecule has 0 aromatic heterocycles. The van der Waals surface area contributed by atoms with Gasteiger partial charge in [-0.05, 0) is 32.4 Å². The molecule has 2 saturated heterocycles. The Bertz CT molecular complexity index is 342. The first kappa shape index (κ1) is 12.3. The summed E-state index contributed by atoms with van der Waals surface area (Å²) in [6.07, 6.45) is 1.14. The van der Waals surface area contributed by atoms with Crippen LogP contribution >= 0.6 is 0 Å². The summed E-state index contributed by atoms with van der Waals surface area (Å²) in [6, 6.07) is 0.746. The summed E-state index contributed by atoms with van der Waals surface area (Å²) in [5.41, 5.74) is 0. The Labute approximate surface area is 98.3 Å². The quantitative estimate of drug-likeness (QED) is 0.713. The molecule has 3 unspecified atom stereocenters. The fourth-order valence-corrected chi connectivity index (χ4v) is 4.58. The first-order valence-electron chi connectivity index (χ1n) is 6.16. The summed E-state index contributed by atoms with van der Waals surface area (Å²) in [5.74, 6) is 1.30. The third kappa shape index (κ3) is 2.57. The van der Waals surface area contributed by atoms with Gasteiger partial charge in [-0.3, -0.25) is 4.90 Å². The van der Waals surface area contributed by atoms with Gasteiger partial charge >= 0.3 is 0 Å². The fraction of sp³-hybridized carbons (Fsp3) is 1.00. The molecule has 0 aromatic carbocycles. The number of rotatable bonds is 1. The van der Waals surface area contributed by atoms with Crippen LogP contribution in [0.5, 0.6) is 0 Å². The van der Waals surface area contributed by atoms with Gasteiger partial charge in [0.1, 0.15) is 0 Å². The highest BCUT2D eigenvalue weighted by Crippen LogP contribution is 2.23. The summed E-state index contributed by atoms with van der Waals surface area (Å²) in [7, 11) is -2.78. The molecule has 0 amide bonds. The van der Waals surface area contributed by atoms with Crippen molar-refractivity contribution in [2.24, 2.45) is 5.92 Å².